The molecule has 0 N–H and O–H groups in total. The maximum absolute atomic E-state index is 12.6. The number of imide groups is 1. The SMILES string of the molecule is CC(C)OC(=O)CN1C(=O)S/C(=C/c2cc(Cl)c(OCc3ccc(Br)cc3)c(Cl)c2)C1=O. The minimum absolute atomic E-state index is 0.156. The predicted molar refractivity (Wildman–Crippen MR) is 129 cm³/mol. The lowest BCUT2D eigenvalue weighted by molar-refractivity contribution is -0.149. The van der Waals surface area contributed by atoms with Gasteiger partial charge in [-0.1, -0.05) is 51.3 Å². The smallest absolute Gasteiger partial charge is 0.326 e. The zero-order chi connectivity index (χ0) is 23.4. The van der Waals surface area contributed by atoms with E-state index in [0.717, 1.165) is 26.7 Å². The minimum atomic E-state index is -0.651. The van der Waals surface area contributed by atoms with Gasteiger partial charge in [0.1, 0.15) is 13.2 Å². The van der Waals surface area contributed by atoms with E-state index in [9.17, 15) is 14.4 Å². The highest BCUT2D eigenvalue weighted by Gasteiger charge is 2.36. The van der Waals surface area contributed by atoms with Crippen molar-refractivity contribution in [1.29, 1.82) is 0 Å². The third-order valence-electron chi connectivity index (χ3n) is 4.14. The highest BCUT2D eigenvalue weighted by Crippen LogP contribution is 2.37. The number of esters is 1. The Morgan fingerprint density at radius 2 is 1.78 bits per heavy atom. The second-order valence-corrected chi connectivity index (χ2v) is 9.76. The second kappa shape index (κ2) is 10.7. The fourth-order valence-corrected chi connectivity index (χ4v) is 4.47. The lowest BCUT2D eigenvalue weighted by Crippen LogP contribution is -2.35. The Hall–Kier alpha value is -2.00. The molecule has 168 valence electrons. The van der Waals surface area contributed by atoms with Crippen LogP contribution in [-0.4, -0.2) is 34.7 Å². The van der Waals surface area contributed by atoms with E-state index in [4.69, 9.17) is 32.7 Å². The Bertz CT molecular complexity index is 1070. The Balaban J connectivity index is 1.73. The molecule has 10 heteroatoms. The van der Waals surface area contributed by atoms with Crippen molar-refractivity contribution in [3.05, 3.63) is 66.9 Å². The predicted octanol–water partition coefficient (Wildman–Crippen LogP) is 6.32. The third kappa shape index (κ3) is 6.28. The fraction of sp³-hybridized carbons (Fsp3) is 0.227. The van der Waals surface area contributed by atoms with Crippen molar-refractivity contribution < 1.29 is 23.9 Å². The number of rotatable bonds is 7. The number of carbonyl (C=O) groups is 3. The van der Waals surface area contributed by atoms with Crippen LogP contribution in [0.1, 0.15) is 25.0 Å². The molecule has 0 unspecified atom stereocenters. The zero-order valence-electron chi connectivity index (χ0n) is 17.1. The quantitative estimate of drug-likeness (QED) is 0.292. The van der Waals surface area contributed by atoms with Crippen LogP contribution in [0.25, 0.3) is 6.08 Å². The van der Waals surface area contributed by atoms with Gasteiger partial charge in [0.2, 0.25) is 0 Å². The van der Waals surface area contributed by atoms with Gasteiger partial charge in [0.25, 0.3) is 11.1 Å². The molecule has 0 bridgehead atoms. The van der Waals surface area contributed by atoms with E-state index < -0.39 is 23.7 Å². The number of amides is 2. The first-order valence-corrected chi connectivity index (χ1v) is 11.8. The van der Waals surface area contributed by atoms with Crippen LogP contribution in [0.5, 0.6) is 5.75 Å². The van der Waals surface area contributed by atoms with Crippen LogP contribution in [0, 0.1) is 0 Å². The number of hydrogen-bond acceptors (Lipinski definition) is 6. The largest absolute Gasteiger partial charge is 0.486 e. The lowest BCUT2D eigenvalue weighted by Gasteiger charge is -2.13. The molecule has 0 radical (unpaired) electrons. The number of benzene rings is 2. The van der Waals surface area contributed by atoms with E-state index in [1.54, 1.807) is 26.0 Å². The van der Waals surface area contributed by atoms with Crippen molar-refractivity contribution in [2.45, 2.75) is 26.6 Å². The fourth-order valence-electron chi connectivity index (χ4n) is 2.75. The first-order chi connectivity index (χ1) is 15.1. The van der Waals surface area contributed by atoms with Crippen LogP contribution >= 0.6 is 50.9 Å². The molecule has 2 aromatic rings. The molecule has 0 atom stereocenters. The molecule has 2 aromatic carbocycles. The molecule has 2 amide bonds. The summed E-state index contributed by atoms with van der Waals surface area (Å²) in [5, 5.41) is -0.0187. The normalized spacial score (nSPS) is 15.1. The molecule has 0 aromatic heterocycles. The van der Waals surface area contributed by atoms with Crippen LogP contribution in [0.3, 0.4) is 0 Å². The van der Waals surface area contributed by atoms with E-state index >= 15 is 0 Å². The maximum Gasteiger partial charge on any atom is 0.326 e. The van der Waals surface area contributed by atoms with Crippen LogP contribution in [-0.2, 0) is 20.9 Å². The molecule has 1 saturated heterocycles. The first-order valence-electron chi connectivity index (χ1n) is 9.45. The summed E-state index contributed by atoms with van der Waals surface area (Å²) in [4.78, 5) is 37.6. The molecule has 0 spiro atoms. The van der Waals surface area contributed by atoms with Crippen molar-refractivity contribution in [2.75, 3.05) is 6.54 Å². The Kier molecular flexibility index (Phi) is 8.27. The van der Waals surface area contributed by atoms with Gasteiger partial charge in [0.05, 0.1) is 21.1 Å². The number of nitrogens with zero attached hydrogens (tertiary/aromatic N) is 1. The monoisotopic (exact) mass is 557 g/mol. The van der Waals surface area contributed by atoms with Crippen LogP contribution in [0.15, 0.2) is 45.8 Å². The summed E-state index contributed by atoms with van der Waals surface area (Å²) in [6.45, 7) is 3.21. The summed E-state index contributed by atoms with van der Waals surface area (Å²) < 4.78 is 11.7. The molecule has 3 rings (SSSR count). The number of halogens is 3. The van der Waals surface area contributed by atoms with Gasteiger partial charge in [-0.2, -0.15) is 0 Å². The molecule has 0 aliphatic carbocycles. The summed E-state index contributed by atoms with van der Waals surface area (Å²) in [5.41, 5.74) is 1.46. The van der Waals surface area contributed by atoms with E-state index in [1.165, 1.54) is 6.08 Å². The number of hydrogen-bond donors (Lipinski definition) is 0. The summed E-state index contributed by atoms with van der Waals surface area (Å²) in [6, 6.07) is 10.8. The summed E-state index contributed by atoms with van der Waals surface area (Å²) in [6.07, 6.45) is 1.15. The standard InChI is InChI=1S/C22H18BrCl2NO5S/c1-12(2)31-19(27)10-26-21(28)18(32-22(26)29)9-14-7-16(24)20(17(25)8-14)30-11-13-3-5-15(23)6-4-13/h3-9,12H,10-11H2,1-2H3/b18-9+. The highest BCUT2D eigenvalue weighted by atomic mass is 79.9. The molecular formula is C22H18BrCl2NO5S. The van der Waals surface area contributed by atoms with Crippen molar-refractivity contribution in [3.63, 3.8) is 0 Å². The Morgan fingerprint density at radius 1 is 1.16 bits per heavy atom. The van der Waals surface area contributed by atoms with Crippen molar-refractivity contribution in [2.24, 2.45) is 0 Å². The Labute approximate surface area is 208 Å². The van der Waals surface area contributed by atoms with Gasteiger partial charge in [0, 0.05) is 4.47 Å². The van der Waals surface area contributed by atoms with E-state index in [2.05, 4.69) is 15.9 Å². The first kappa shape index (κ1) is 24.6. The van der Waals surface area contributed by atoms with Gasteiger partial charge in [0.15, 0.2) is 5.75 Å². The highest BCUT2D eigenvalue weighted by molar-refractivity contribution is 9.10. The molecule has 1 aliphatic heterocycles. The van der Waals surface area contributed by atoms with Gasteiger partial charge in [-0.15, -0.1) is 0 Å². The summed E-state index contributed by atoms with van der Waals surface area (Å²) >= 11 is 16.8. The average molecular weight is 559 g/mol. The van der Waals surface area contributed by atoms with Gasteiger partial charge in [-0.05, 0) is 67.1 Å². The van der Waals surface area contributed by atoms with Crippen LogP contribution < -0.4 is 4.74 Å². The summed E-state index contributed by atoms with van der Waals surface area (Å²) in [7, 11) is 0. The molecule has 1 aliphatic rings. The topological polar surface area (TPSA) is 72.9 Å². The molecular weight excluding hydrogens is 541 g/mol. The van der Waals surface area contributed by atoms with Crippen molar-refractivity contribution in [1.82, 2.24) is 4.90 Å². The third-order valence-corrected chi connectivity index (χ3v) is 6.14. The minimum Gasteiger partial charge on any atom is -0.486 e. The van der Waals surface area contributed by atoms with Crippen molar-refractivity contribution >= 4 is 74.1 Å². The number of ether oxygens (including phenoxy) is 2. The van der Waals surface area contributed by atoms with E-state index in [-0.39, 0.29) is 27.7 Å². The molecule has 6 nitrogen and oxygen atoms in total. The molecule has 32 heavy (non-hydrogen) atoms. The maximum atomic E-state index is 12.6. The molecule has 1 heterocycles. The van der Waals surface area contributed by atoms with Crippen LogP contribution in [0.4, 0.5) is 4.79 Å². The van der Waals surface area contributed by atoms with Gasteiger partial charge in [-0.25, -0.2) is 0 Å². The zero-order valence-corrected chi connectivity index (χ0v) is 21.0. The second-order valence-electron chi connectivity index (χ2n) is 7.04. The van der Waals surface area contributed by atoms with Gasteiger partial charge in [-0.3, -0.25) is 19.3 Å². The van der Waals surface area contributed by atoms with E-state index in [1.807, 2.05) is 24.3 Å². The van der Waals surface area contributed by atoms with Crippen LogP contribution in [0.2, 0.25) is 10.0 Å². The average Bonchev–Trinajstić information content (AvgIpc) is 2.95. The van der Waals surface area contributed by atoms with Gasteiger partial charge < -0.3 is 9.47 Å². The van der Waals surface area contributed by atoms with Crippen molar-refractivity contribution in [3.8, 4) is 5.75 Å². The molecule has 1 fully saturated rings. The van der Waals surface area contributed by atoms with Gasteiger partial charge >= 0.3 is 5.97 Å². The lowest BCUT2D eigenvalue weighted by atomic mass is 10.2. The summed E-state index contributed by atoms with van der Waals surface area (Å²) in [5.74, 6) is -0.914. The number of thioether (sulfide) groups is 1. The Morgan fingerprint density at radius 3 is 2.38 bits per heavy atom. The molecule has 0 saturated carbocycles. The number of carbonyl (C=O) groups excluding carboxylic acids is 3. The van der Waals surface area contributed by atoms with E-state index in [0.29, 0.717) is 11.3 Å².